The molecule has 13 atom stereocenters. The first-order valence-corrected chi connectivity index (χ1v) is 19.5. The molecule has 0 aromatic carbocycles. The largest absolute Gasteiger partial charge is 0.462 e. The molecule has 3 N–H and O–H groups in total. The molecule has 0 aliphatic heterocycles. The standard InChI is InChI=1S/C32H54O11S2/c1-18(2)32(16-19(32)3)13-12-31(7,34)28-26(41-20(4)33)15-24-22-9-8-21-14-25(42-44(35,36)37)27(43-45(38,39)40)17-30(21,6)23(22)10-11-29(24,28)5/h18-19,21-28,34H,8-17H2,1-7H3,(H,35,36,37)(H,38,39,40)/t19-,21+,22-,23+,24+,25+,26+,27+,28+,29+,30+,31+,32-/m1/s1. The van der Waals surface area contributed by atoms with Crippen molar-refractivity contribution < 1.29 is 48.9 Å². The van der Waals surface area contributed by atoms with Crippen molar-refractivity contribution in [3.8, 4) is 0 Å². The number of esters is 1. The van der Waals surface area contributed by atoms with E-state index in [-0.39, 0.29) is 59.2 Å². The van der Waals surface area contributed by atoms with Crippen molar-refractivity contribution in [2.45, 2.75) is 137 Å². The fourth-order valence-electron chi connectivity index (χ4n) is 11.8. The van der Waals surface area contributed by atoms with E-state index in [1.165, 1.54) is 13.3 Å². The van der Waals surface area contributed by atoms with Gasteiger partial charge in [-0.2, -0.15) is 16.8 Å². The van der Waals surface area contributed by atoms with E-state index >= 15 is 0 Å². The minimum Gasteiger partial charge on any atom is -0.462 e. The highest BCUT2D eigenvalue weighted by molar-refractivity contribution is 7.81. The first-order chi connectivity index (χ1) is 20.5. The second kappa shape index (κ2) is 11.7. The summed E-state index contributed by atoms with van der Waals surface area (Å²) in [5.74, 6) is 1.03. The fraction of sp³-hybridized carbons (Fsp3) is 0.969. The van der Waals surface area contributed by atoms with Crippen molar-refractivity contribution in [2.24, 2.45) is 57.7 Å². The predicted octanol–water partition coefficient (Wildman–Crippen LogP) is 5.39. The number of hydrogen-bond acceptors (Lipinski definition) is 9. The number of aliphatic hydroxyl groups is 1. The summed E-state index contributed by atoms with van der Waals surface area (Å²) in [4.78, 5) is 12.4. The summed E-state index contributed by atoms with van der Waals surface area (Å²) in [6.45, 7) is 14.5. The molecule has 11 nitrogen and oxygen atoms in total. The van der Waals surface area contributed by atoms with Gasteiger partial charge in [0.15, 0.2) is 0 Å². The second-order valence-corrected chi connectivity index (χ2v) is 18.6. The maximum atomic E-state index is 12.4. The minimum atomic E-state index is -4.93. The molecule has 45 heavy (non-hydrogen) atoms. The molecule has 260 valence electrons. The highest BCUT2D eigenvalue weighted by Gasteiger charge is 2.67. The Morgan fingerprint density at radius 2 is 1.51 bits per heavy atom. The summed E-state index contributed by atoms with van der Waals surface area (Å²) in [6.07, 6.45) is 3.88. The third kappa shape index (κ3) is 6.62. The molecule has 0 amide bonds. The van der Waals surface area contributed by atoms with Crippen LogP contribution in [0.25, 0.3) is 0 Å². The molecule has 0 heterocycles. The lowest BCUT2D eigenvalue weighted by Crippen LogP contribution is -2.58. The quantitative estimate of drug-likeness (QED) is 0.200. The van der Waals surface area contributed by atoms with Crippen molar-refractivity contribution in [3.05, 3.63) is 0 Å². The van der Waals surface area contributed by atoms with E-state index in [1.54, 1.807) is 0 Å². The van der Waals surface area contributed by atoms with Crippen molar-refractivity contribution in [2.75, 3.05) is 0 Å². The summed E-state index contributed by atoms with van der Waals surface area (Å²) >= 11 is 0. The maximum absolute atomic E-state index is 12.4. The van der Waals surface area contributed by atoms with Crippen LogP contribution in [0.4, 0.5) is 0 Å². The Morgan fingerprint density at radius 1 is 0.911 bits per heavy atom. The number of carbonyl (C=O) groups excluding carboxylic acids is 1. The molecule has 5 fully saturated rings. The van der Waals surface area contributed by atoms with Gasteiger partial charge in [-0.3, -0.25) is 13.9 Å². The maximum Gasteiger partial charge on any atom is 0.397 e. The van der Waals surface area contributed by atoms with Crippen LogP contribution in [-0.2, 0) is 38.7 Å². The first-order valence-electron chi connectivity index (χ1n) is 16.7. The van der Waals surface area contributed by atoms with E-state index in [4.69, 9.17) is 13.1 Å². The lowest BCUT2D eigenvalue weighted by Gasteiger charge is -2.62. The molecule has 0 aromatic rings. The molecule has 5 aliphatic rings. The molecular formula is C32H54O11S2. The molecule has 5 aliphatic carbocycles. The lowest BCUT2D eigenvalue weighted by atomic mass is 9.44. The number of ether oxygens (including phenoxy) is 1. The SMILES string of the molecule is CC(=O)O[C@H]1C[C@H]2[C@@H]3CC[C@H]4C[C@H](OS(=O)(=O)O)[C@@H](OS(=O)(=O)O)C[C@]4(C)[C@H]3CC[C@]2(C)[C@H]1[C@@](C)(O)CC[C@]1(C(C)C)C[C@H]1C. The second-order valence-electron chi connectivity index (χ2n) is 16.5. The van der Waals surface area contributed by atoms with Gasteiger partial charge in [0, 0.05) is 12.8 Å². The van der Waals surface area contributed by atoms with Crippen LogP contribution in [0.5, 0.6) is 0 Å². The highest BCUT2D eigenvalue weighted by Crippen LogP contribution is 2.70. The van der Waals surface area contributed by atoms with Gasteiger partial charge >= 0.3 is 26.8 Å². The van der Waals surface area contributed by atoms with Gasteiger partial charge in [-0.25, -0.2) is 8.37 Å². The average Bonchev–Trinajstić information content (AvgIpc) is 3.43. The molecule has 0 spiro atoms. The van der Waals surface area contributed by atoms with Crippen LogP contribution in [0, 0.1) is 57.7 Å². The van der Waals surface area contributed by atoms with E-state index in [0.29, 0.717) is 24.7 Å². The Hall–Kier alpha value is -0.830. The van der Waals surface area contributed by atoms with Gasteiger partial charge in [0.05, 0.1) is 5.60 Å². The van der Waals surface area contributed by atoms with Crippen LogP contribution in [0.1, 0.15) is 113 Å². The van der Waals surface area contributed by atoms with Gasteiger partial charge in [0.2, 0.25) is 0 Å². The van der Waals surface area contributed by atoms with Crippen LogP contribution >= 0.6 is 0 Å². The van der Waals surface area contributed by atoms with E-state index in [2.05, 4.69) is 34.6 Å². The Kier molecular flexibility index (Phi) is 9.19. The van der Waals surface area contributed by atoms with Gasteiger partial charge in [-0.05, 0) is 123 Å². The molecule has 0 saturated heterocycles. The Balaban J connectivity index is 1.43. The monoisotopic (exact) mass is 678 g/mol. The third-order valence-corrected chi connectivity index (χ3v) is 14.9. The fourth-order valence-corrected chi connectivity index (χ4v) is 12.8. The molecule has 0 unspecified atom stereocenters. The van der Waals surface area contributed by atoms with Crippen molar-refractivity contribution in [3.63, 3.8) is 0 Å². The van der Waals surface area contributed by atoms with Crippen LogP contribution in [0.3, 0.4) is 0 Å². The van der Waals surface area contributed by atoms with Crippen LogP contribution in [0.2, 0.25) is 0 Å². The summed E-state index contributed by atoms with van der Waals surface area (Å²) in [5, 5.41) is 12.3. The summed E-state index contributed by atoms with van der Waals surface area (Å²) < 4.78 is 81.6. The zero-order chi connectivity index (χ0) is 33.5. The number of fused-ring (bicyclic) bond motifs is 5. The summed E-state index contributed by atoms with van der Waals surface area (Å²) in [6, 6.07) is 0. The first kappa shape index (κ1) is 35.5. The van der Waals surface area contributed by atoms with Crippen molar-refractivity contribution in [1.29, 1.82) is 0 Å². The number of carbonyl (C=O) groups is 1. The molecule has 5 rings (SSSR count). The molecule has 5 saturated carbocycles. The molecule has 0 bridgehead atoms. The van der Waals surface area contributed by atoms with Crippen LogP contribution in [-0.4, -0.2) is 60.9 Å². The zero-order valence-corrected chi connectivity index (χ0v) is 29.4. The average molecular weight is 679 g/mol. The van der Waals surface area contributed by atoms with E-state index in [1.807, 2.05) is 6.92 Å². The van der Waals surface area contributed by atoms with E-state index < -0.39 is 50.1 Å². The number of rotatable bonds is 10. The third-order valence-electron chi connectivity index (χ3n) is 13.9. The van der Waals surface area contributed by atoms with Gasteiger partial charge < -0.3 is 9.84 Å². The molecular weight excluding hydrogens is 624 g/mol. The zero-order valence-electron chi connectivity index (χ0n) is 27.8. The minimum absolute atomic E-state index is 0.0200. The summed E-state index contributed by atoms with van der Waals surface area (Å²) in [7, 11) is -9.82. The van der Waals surface area contributed by atoms with E-state index in [0.717, 1.165) is 32.1 Å². The summed E-state index contributed by atoms with van der Waals surface area (Å²) in [5.41, 5.74) is -1.55. The highest BCUT2D eigenvalue weighted by atomic mass is 32.3. The van der Waals surface area contributed by atoms with Gasteiger partial charge in [-0.1, -0.05) is 34.6 Å². The van der Waals surface area contributed by atoms with Crippen LogP contribution < -0.4 is 0 Å². The van der Waals surface area contributed by atoms with Crippen molar-refractivity contribution >= 4 is 26.8 Å². The van der Waals surface area contributed by atoms with Gasteiger partial charge in [0.25, 0.3) is 0 Å². The number of hydrogen-bond donors (Lipinski definition) is 3. The predicted molar refractivity (Wildman–Crippen MR) is 165 cm³/mol. The van der Waals surface area contributed by atoms with Crippen molar-refractivity contribution in [1.82, 2.24) is 0 Å². The van der Waals surface area contributed by atoms with E-state index in [9.17, 15) is 35.8 Å². The molecule has 0 radical (unpaired) electrons. The normalized spacial score (nSPS) is 46.1. The lowest BCUT2D eigenvalue weighted by molar-refractivity contribution is -0.171. The Bertz CT molecular complexity index is 1360. The van der Waals surface area contributed by atoms with Gasteiger partial charge in [0.1, 0.15) is 18.3 Å². The van der Waals surface area contributed by atoms with Gasteiger partial charge in [-0.15, -0.1) is 0 Å². The van der Waals surface area contributed by atoms with Crippen LogP contribution in [0.15, 0.2) is 0 Å². The molecule has 0 aromatic heterocycles. The molecule has 13 heteroatoms. The smallest absolute Gasteiger partial charge is 0.397 e. The Morgan fingerprint density at radius 3 is 2.04 bits per heavy atom. The Labute approximate surface area is 269 Å². The topological polar surface area (TPSA) is 174 Å².